The van der Waals surface area contributed by atoms with Gasteiger partial charge in [-0.05, 0) is 45.4 Å². The third-order valence-corrected chi connectivity index (χ3v) is 6.21. The second kappa shape index (κ2) is 5.82. The maximum Gasteiger partial charge on any atom is 0.327 e. The fraction of sp³-hybridized carbons (Fsp3) is 0.667. The highest BCUT2D eigenvalue weighted by molar-refractivity contribution is 6.04. The van der Waals surface area contributed by atoms with Crippen LogP contribution in [-0.2, 0) is 4.79 Å². The topological polar surface area (TPSA) is 87.0 Å². The van der Waals surface area contributed by atoms with Crippen molar-refractivity contribution < 1.29 is 18.9 Å². The number of rotatable bonds is 2. The Hall–Kier alpha value is -2.38. The number of fused-ring (bicyclic) bond motifs is 1. The summed E-state index contributed by atoms with van der Waals surface area (Å²) in [6, 6.07) is -0.471. The summed E-state index contributed by atoms with van der Waals surface area (Å²) in [5.41, 5.74) is 1.12. The molecule has 4 amide bonds. The Labute approximate surface area is 152 Å². The van der Waals surface area contributed by atoms with Crippen molar-refractivity contribution in [2.75, 3.05) is 26.2 Å². The summed E-state index contributed by atoms with van der Waals surface area (Å²) in [5, 5.41) is 3.86. The van der Waals surface area contributed by atoms with Gasteiger partial charge in [0, 0.05) is 26.2 Å². The predicted octanol–water partition coefficient (Wildman–Crippen LogP) is 1.57. The van der Waals surface area contributed by atoms with Gasteiger partial charge in [0.25, 0.3) is 11.8 Å². The van der Waals surface area contributed by atoms with E-state index in [-0.39, 0.29) is 29.3 Å². The number of imide groups is 1. The summed E-state index contributed by atoms with van der Waals surface area (Å²) in [5.74, 6) is 0.438. The Morgan fingerprint density at radius 1 is 1.27 bits per heavy atom. The maximum atomic E-state index is 12.8. The first-order valence-corrected chi connectivity index (χ1v) is 9.21. The number of likely N-dealkylation sites (tertiary alicyclic amines) is 1. The van der Waals surface area contributed by atoms with Crippen molar-refractivity contribution in [2.45, 2.75) is 46.1 Å². The summed E-state index contributed by atoms with van der Waals surface area (Å²) in [4.78, 5) is 42.5. The quantitative estimate of drug-likeness (QED) is 0.747. The highest BCUT2D eigenvalue weighted by atomic mass is 16.5. The number of nitrogens with zero attached hydrogens (tertiary/aromatic N) is 4. The number of urea groups is 1. The van der Waals surface area contributed by atoms with Gasteiger partial charge in [0.1, 0.15) is 17.4 Å². The average Bonchev–Trinajstić information content (AvgIpc) is 3.22. The van der Waals surface area contributed by atoms with Crippen LogP contribution in [0.1, 0.15) is 48.0 Å². The van der Waals surface area contributed by atoms with Crippen molar-refractivity contribution in [1.82, 2.24) is 19.9 Å². The van der Waals surface area contributed by atoms with Crippen molar-refractivity contribution in [2.24, 2.45) is 5.41 Å². The van der Waals surface area contributed by atoms with Gasteiger partial charge in [-0.3, -0.25) is 14.5 Å². The number of carbonyl (C=O) groups excluding carboxylic acids is 3. The minimum atomic E-state index is -0.313. The Balaban J connectivity index is 1.44. The van der Waals surface area contributed by atoms with E-state index in [0.29, 0.717) is 49.6 Å². The third-order valence-electron chi connectivity index (χ3n) is 6.21. The summed E-state index contributed by atoms with van der Waals surface area (Å²) in [7, 11) is 0. The number of carbonyl (C=O) groups is 3. The summed E-state index contributed by atoms with van der Waals surface area (Å²) < 4.78 is 5.11. The third kappa shape index (κ3) is 2.34. The first-order chi connectivity index (χ1) is 12.4. The second-order valence-corrected chi connectivity index (χ2v) is 7.70. The molecule has 0 saturated carbocycles. The Morgan fingerprint density at radius 3 is 2.50 bits per heavy atom. The van der Waals surface area contributed by atoms with Gasteiger partial charge in [-0.2, -0.15) is 0 Å². The van der Waals surface area contributed by atoms with Crippen molar-refractivity contribution in [1.29, 1.82) is 0 Å². The second-order valence-electron chi connectivity index (χ2n) is 7.70. The van der Waals surface area contributed by atoms with Crippen LogP contribution in [0.5, 0.6) is 0 Å². The summed E-state index contributed by atoms with van der Waals surface area (Å²) in [6.07, 6.45) is 2.32. The van der Waals surface area contributed by atoms with E-state index in [1.807, 2.05) is 11.8 Å². The number of hydrogen-bond donors (Lipinski definition) is 0. The molecule has 0 bridgehead atoms. The van der Waals surface area contributed by atoms with Gasteiger partial charge in [0.15, 0.2) is 0 Å². The molecule has 3 aliphatic rings. The molecule has 1 aromatic heterocycles. The summed E-state index contributed by atoms with van der Waals surface area (Å²) >= 11 is 0. The molecule has 3 saturated heterocycles. The molecule has 0 aliphatic carbocycles. The van der Waals surface area contributed by atoms with E-state index in [9.17, 15) is 14.4 Å². The molecule has 8 nitrogen and oxygen atoms in total. The molecule has 0 radical (unpaired) electrons. The smallest absolute Gasteiger partial charge is 0.327 e. The Kier molecular flexibility index (Phi) is 3.82. The van der Waals surface area contributed by atoms with Gasteiger partial charge in [-0.25, -0.2) is 4.79 Å². The Morgan fingerprint density at radius 2 is 1.96 bits per heavy atom. The van der Waals surface area contributed by atoms with Crippen LogP contribution in [-0.4, -0.2) is 69.9 Å². The van der Waals surface area contributed by atoms with Gasteiger partial charge >= 0.3 is 6.03 Å². The number of likely N-dealkylation sites (N-methyl/N-ethyl adjacent to an activating group) is 1. The van der Waals surface area contributed by atoms with Crippen molar-refractivity contribution in [3.8, 4) is 0 Å². The van der Waals surface area contributed by atoms with E-state index < -0.39 is 0 Å². The maximum absolute atomic E-state index is 12.8. The molecule has 0 N–H and O–H groups in total. The largest absolute Gasteiger partial charge is 0.361 e. The standard InChI is InChI=1S/C18H24N4O4/c1-4-21-15(23)13-9-18(10-22(13)17(21)25)5-7-20(8-6-18)16(24)14-11(2)19-26-12(14)3/h13H,4-10H2,1-3H3. The lowest BCUT2D eigenvalue weighted by molar-refractivity contribution is -0.128. The monoisotopic (exact) mass is 360 g/mol. The van der Waals surface area contributed by atoms with Gasteiger partial charge in [-0.1, -0.05) is 5.16 Å². The number of amides is 4. The van der Waals surface area contributed by atoms with Gasteiger partial charge < -0.3 is 14.3 Å². The molecule has 0 aromatic carbocycles. The molecule has 8 heteroatoms. The zero-order valence-corrected chi connectivity index (χ0v) is 15.4. The molecule has 3 fully saturated rings. The van der Waals surface area contributed by atoms with Crippen LogP contribution in [0.2, 0.25) is 0 Å². The zero-order valence-electron chi connectivity index (χ0n) is 15.4. The molecule has 1 spiro atoms. The molecule has 3 aliphatic heterocycles. The lowest BCUT2D eigenvalue weighted by Gasteiger charge is -2.39. The van der Waals surface area contributed by atoms with Crippen LogP contribution < -0.4 is 0 Å². The SMILES string of the molecule is CCN1C(=O)C2CC3(CCN(C(=O)c4c(C)noc4C)CC3)CN2C1=O. The van der Waals surface area contributed by atoms with Crippen LogP contribution >= 0.6 is 0 Å². The molecule has 26 heavy (non-hydrogen) atoms. The fourth-order valence-corrected chi connectivity index (χ4v) is 4.69. The number of aromatic nitrogens is 1. The van der Waals surface area contributed by atoms with Crippen LogP contribution in [0.4, 0.5) is 4.79 Å². The zero-order chi connectivity index (χ0) is 18.6. The molecular formula is C18H24N4O4. The predicted molar refractivity (Wildman–Crippen MR) is 91.4 cm³/mol. The number of aryl methyl sites for hydroxylation is 2. The van der Waals surface area contributed by atoms with Gasteiger partial charge in [0.05, 0.1) is 5.69 Å². The van der Waals surface area contributed by atoms with Crippen LogP contribution in [0.25, 0.3) is 0 Å². The van der Waals surface area contributed by atoms with E-state index in [1.165, 1.54) is 4.90 Å². The molecule has 1 atom stereocenters. The molecule has 4 heterocycles. The number of hydrogen-bond acceptors (Lipinski definition) is 5. The molecule has 1 aromatic rings. The molecule has 4 rings (SSSR count). The van der Waals surface area contributed by atoms with Gasteiger partial charge in [-0.15, -0.1) is 0 Å². The minimum Gasteiger partial charge on any atom is -0.361 e. The molecule has 1 unspecified atom stereocenters. The van der Waals surface area contributed by atoms with E-state index in [2.05, 4.69) is 5.16 Å². The highest BCUT2D eigenvalue weighted by Gasteiger charge is 2.56. The lowest BCUT2D eigenvalue weighted by atomic mass is 9.76. The van der Waals surface area contributed by atoms with E-state index >= 15 is 0 Å². The first kappa shape index (κ1) is 17.1. The lowest BCUT2D eigenvalue weighted by Crippen LogP contribution is -2.46. The van der Waals surface area contributed by atoms with E-state index in [4.69, 9.17) is 4.52 Å². The van der Waals surface area contributed by atoms with Crippen LogP contribution in [0.3, 0.4) is 0 Å². The van der Waals surface area contributed by atoms with Crippen molar-refractivity contribution >= 4 is 17.8 Å². The first-order valence-electron chi connectivity index (χ1n) is 9.21. The van der Waals surface area contributed by atoms with E-state index in [0.717, 1.165) is 12.8 Å². The van der Waals surface area contributed by atoms with Crippen LogP contribution in [0, 0.1) is 19.3 Å². The molecule has 140 valence electrons. The normalized spacial score (nSPS) is 24.7. The molecular weight excluding hydrogens is 336 g/mol. The van der Waals surface area contributed by atoms with Crippen molar-refractivity contribution in [3.05, 3.63) is 17.0 Å². The summed E-state index contributed by atoms with van der Waals surface area (Å²) in [6.45, 7) is 7.65. The minimum absolute atomic E-state index is 0.0427. The fourth-order valence-electron chi connectivity index (χ4n) is 4.69. The van der Waals surface area contributed by atoms with Crippen molar-refractivity contribution in [3.63, 3.8) is 0 Å². The highest BCUT2D eigenvalue weighted by Crippen LogP contribution is 2.46. The Bertz CT molecular complexity index is 733. The average molecular weight is 360 g/mol. The van der Waals surface area contributed by atoms with Crippen LogP contribution in [0.15, 0.2) is 4.52 Å². The number of piperidine rings is 1. The van der Waals surface area contributed by atoms with E-state index in [1.54, 1.807) is 18.7 Å². The van der Waals surface area contributed by atoms with Gasteiger partial charge in [0.2, 0.25) is 0 Å².